The molecule has 0 fully saturated rings. The van der Waals surface area contributed by atoms with Crippen LogP contribution in [-0.2, 0) is 9.16 Å². The van der Waals surface area contributed by atoms with E-state index in [1.807, 2.05) is 19.1 Å². The number of ether oxygens (including phenoxy) is 1. The van der Waals surface area contributed by atoms with Crippen LogP contribution >= 0.6 is 0 Å². The molecule has 0 aliphatic carbocycles. The SMILES string of the molecule is C[C@@H](CO[Si](c1ccccc1)(c1ccccc1)C(C)(C)C)[C@H](OC(N)=O)c1ccco1. The fraction of sp³-hybridized carbons (Fsp3) is 0.320. The van der Waals surface area contributed by atoms with Crippen LogP contribution < -0.4 is 16.1 Å². The molecule has 31 heavy (non-hydrogen) atoms. The van der Waals surface area contributed by atoms with Crippen LogP contribution in [0.5, 0.6) is 0 Å². The van der Waals surface area contributed by atoms with Gasteiger partial charge in [-0.1, -0.05) is 88.4 Å². The van der Waals surface area contributed by atoms with E-state index < -0.39 is 20.5 Å². The maximum Gasteiger partial charge on any atom is 0.405 e. The summed E-state index contributed by atoms with van der Waals surface area (Å²) in [5.41, 5.74) is 5.34. The van der Waals surface area contributed by atoms with E-state index in [1.165, 1.54) is 10.4 Å². The van der Waals surface area contributed by atoms with Crippen LogP contribution in [0, 0.1) is 5.92 Å². The monoisotopic (exact) mass is 437 g/mol. The summed E-state index contributed by atoms with van der Waals surface area (Å²) >= 11 is 0. The molecule has 2 aromatic carbocycles. The van der Waals surface area contributed by atoms with E-state index in [-0.39, 0.29) is 11.0 Å². The van der Waals surface area contributed by atoms with E-state index in [9.17, 15) is 4.79 Å². The molecule has 5 nitrogen and oxygen atoms in total. The van der Waals surface area contributed by atoms with Crippen LogP contribution in [0.1, 0.15) is 39.6 Å². The van der Waals surface area contributed by atoms with Crippen LogP contribution in [0.4, 0.5) is 4.79 Å². The van der Waals surface area contributed by atoms with Gasteiger partial charge in [0.2, 0.25) is 0 Å². The number of benzene rings is 2. The third-order valence-electron chi connectivity index (χ3n) is 5.56. The van der Waals surface area contributed by atoms with Crippen LogP contribution in [0.15, 0.2) is 83.5 Å². The zero-order valence-corrected chi connectivity index (χ0v) is 19.6. The third kappa shape index (κ3) is 4.92. The number of hydrogen-bond acceptors (Lipinski definition) is 4. The topological polar surface area (TPSA) is 74.7 Å². The van der Waals surface area contributed by atoms with Crippen molar-refractivity contribution in [2.24, 2.45) is 11.7 Å². The van der Waals surface area contributed by atoms with Gasteiger partial charge in [-0.3, -0.25) is 0 Å². The van der Waals surface area contributed by atoms with Crippen molar-refractivity contribution < 1.29 is 18.4 Å². The molecule has 3 aromatic rings. The van der Waals surface area contributed by atoms with Gasteiger partial charge in [0.15, 0.2) is 6.10 Å². The highest BCUT2D eigenvalue weighted by atomic mass is 28.4. The molecular formula is C25H31NO4Si. The van der Waals surface area contributed by atoms with Gasteiger partial charge in [-0.25, -0.2) is 4.79 Å². The molecule has 0 saturated heterocycles. The first kappa shape index (κ1) is 22.8. The average Bonchev–Trinajstić information content (AvgIpc) is 3.27. The Balaban J connectivity index is 2.00. The molecule has 6 heteroatoms. The smallest absolute Gasteiger partial charge is 0.405 e. The van der Waals surface area contributed by atoms with Crippen LogP contribution in [-0.4, -0.2) is 21.0 Å². The first-order chi connectivity index (χ1) is 14.8. The number of rotatable bonds is 8. The van der Waals surface area contributed by atoms with Gasteiger partial charge < -0.3 is 19.3 Å². The third-order valence-corrected chi connectivity index (χ3v) is 10.6. The maximum absolute atomic E-state index is 11.5. The number of amides is 1. The maximum atomic E-state index is 11.5. The van der Waals surface area contributed by atoms with E-state index in [2.05, 4.69) is 69.3 Å². The molecule has 0 spiro atoms. The van der Waals surface area contributed by atoms with E-state index >= 15 is 0 Å². The van der Waals surface area contributed by atoms with E-state index in [1.54, 1.807) is 18.4 Å². The van der Waals surface area contributed by atoms with Gasteiger partial charge in [-0.2, -0.15) is 0 Å². The second-order valence-corrected chi connectivity index (χ2v) is 13.1. The summed E-state index contributed by atoms with van der Waals surface area (Å²) in [5, 5.41) is 2.26. The first-order valence-corrected chi connectivity index (χ1v) is 12.4. The van der Waals surface area contributed by atoms with Crippen molar-refractivity contribution in [2.75, 3.05) is 6.61 Å². The Bertz CT molecular complexity index is 913. The molecule has 0 aliphatic rings. The minimum atomic E-state index is -2.69. The highest BCUT2D eigenvalue weighted by Crippen LogP contribution is 2.38. The van der Waals surface area contributed by atoms with Crippen molar-refractivity contribution in [1.29, 1.82) is 0 Å². The second-order valence-electron chi connectivity index (χ2n) is 8.82. The summed E-state index contributed by atoms with van der Waals surface area (Å²) in [5.74, 6) is 0.387. The Hall–Kier alpha value is -2.83. The number of hydrogen-bond donors (Lipinski definition) is 1. The fourth-order valence-corrected chi connectivity index (χ4v) is 8.81. The number of carbonyl (C=O) groups is 1. The molecule has 0 aliphatic heterocycles. The van der Waals surface area contributed by atoms with Crippen LogP contribution in [0.25, 0.3) is 0 Å². The number of nitrogens with two attached hydrogens (primary N) is 1. The van der Waals surface area contributed by atoms with Gasteiger partial charge in [0.1, 0.15) is 5.76 Å². The zero-order valence-electron chi connectivity index (χ0n) is 18.6. The van der Waals surface area contributed by atoms with E-state index in [0.717, 1.165) is 0 Å². The molecule has 164 valence electrons. The van der Waals surface area contributed by atoms with Crippen molar-refractivity contribution in [1.82, 2.24) is 0 Å². The lowest BCUT2D eigenvalue weighted by molar-refractivity contribution is 0.0396. The second kappa shape index (κ2) is 9.54. The average molecular weight is 438 g/mol. The van der Waals surface area contributed by atoms with Gasteiger partial charge in [0.05, 0.1) is 6.26 Å². The van der Waals surface area contributed by atoms with Crippen LogP contribution in [0.3, 0.4) is 0 Å². The summed E-state index contributed by atoms with van der Waals surface area (Å²) in [4.78, 5) is 11.5. The first-order valence-electron chi connectivity index (χ1n) is 10.5. The molecule has 0 unspecified atom stereocenters. The number of furan rings is 1. The molecule has 1 aromatic heterocycles. The molecule has 2 N–H and O–H groups in total. The molecule has 0 bridgehead atoms. The summed E-state index contributed by atoms with van der Waals surface area (Å²) < 4.78 is 17.9. The summed E-state index contributed by atoms with van der Waals surface area (Å²) in [6, 6.07) is 24.4. The molecule has 2 atom stereocenters. The largest absolute Gasteiger partial charge is 0.465 e. The standard InChI is InChI=1S/C25H31NO4Si/c1-19(23(30-24(26)27)22-16-11-17-28-22)18-29-31(25(2,3)4,20-12-7-5-8-13-20)21-14-9-6-10-15-21/h5-17,19,23H,18H2,1-4H3,(H2,26,27)/t19-,23-/m0/s1. The lowest BCUT2D eigenvalue weighted by atomic mass is 10.0. The van der Waals surface area contributed by atoms with Gasteiger partial charge >= 0.3 is 6.09 Å². The summed E-state index contributed by atoms with van der Waals surface area (Å²) in [7, 11) is -2.69. The molecular weight excluding hydrogens is 406 g/mol. The number of carbonyl (C=O) groups excluding carboxylic acids is 1. The van der Waals surface area contributed by atoms with Crippen molar-refractivity contribution in [3.05, 3.63) is 84.8 Å². The minimum Gasteiger partial charge on any atom is -0.465 e. The summed E-state index contributed by atoms with van der Waals surface area (Å²) in [6.07, 6.45) is 0.104. The Kier molecular flexibility index (Phi) is 7.03. The molecule has 0 saturated carbocycles. The van der Waals surface area contributed by atoms with Crippen molar-refractivity contribution in [2.45, 2.75) is 38.8 Å². The highest BCUT2D eigenvalue weighted by molar-refractivity contribution is 6.99. The van der Waals surface area contributed by atoms with Gasteiger partial charge in [-0.05, 0) is 27.5 Å². The lowest BCUT2D eigenvalue weighted by Gasteiger charge is -2.43. The van der Waals surface area contributed by atoms with Crippen LogP contribution in [0.2, 0.25) is 5.04 Å². The van der Waals surface area contributed by atoms with E-state index in [4.69, 9.17) is 19.3 Å². The normalized spacial score (nSPS) is 14.1. The zero-order chi connectivity index (χ0) is 22.5. The minimum absolute atomic E-state index is 0.139. The Labute approximate surface area is 185 Å². The predicted octanol–water partition coefficient (Wildman–Crippen LogP) is 4.63. The molecule has 3 rings (SSSR count). The summed E-state index contributed by atoms with van der Waals surface area (Å²) in [6.45, 7) is 9.05. The highest BCUT2D eigenvalue weighted by Gasteiger charge is 2.50. The van der Waals surface area contributed by atoms with E-state index in [0.29, 0.717) is 12.4 Å². The lowest BCUT2D eigenvalue weighted by Crippen LogP contribution is -2.67. The predicted molar refractivity (Wildman–Crippen MR) is 125 cm³/mol. The van der Waals surface area contributed by atoms with Gasteiger partial charge in [-0.15, -0.1) is 0 Å². The Morgan fingerprint density at radius 1 is 0.968 bits per heavy atom. The van der Waals surface area contributed by atoms with Crippen molar-refractivity contribution in [3.8, 4) is 0 Å². The van der Waals surface area contributed by atoms with Crippen molar-refractivity contribution >= 4 is 24.8 Å². The van der Waals surface area contributed by atoms with Gasteiger partial charge in [0.25, 0.3) is 8.32 Å². The molecule has 0 radical (unpaired) electrons. The Morgan fingerprint density at radius 2 is 1.52 bits per heavy atom. The number of primary amides is 1. The fourth-order valence-electron chi connectivity index (χ4n) is 4.14. The Morgan fingerprint density at radius 3 is 1.94 bits per heavy atom. The van der Waals surface area contributed by atoms with Crippen molar-refractivity contribution in [3.63, 3.8) is 0 Å². The molecule has 1 amide bonds. The molecule has 1 heterocycles. The van der Waals surface area contributed by atoms with Gasteiger partial charge in [0, 0.05) is 12.5 Å². The quantitative estimate of drug-likeness (QED) is 0.522.